The van der Waals surface area contributed by atoms with Crippen molar-refractivity contribution in [1.82, 2.24) is 15.5 Å². The van der Waals surface area contributed by atoms with Crippen LogP contribution in [0.1, 0.15) is 36.9 Å². The molecule has 1 unspecified atom stereocenters. The number of guanidine groups is 1. The molecule has 0 saturated carbocycles. The number of nitrogens with zero attached hydrogens (tertiary/aromatic N) is 2. The number of hydrogen-bond acceptors (Lipinski definition) is 2. The molecule has 0 heterocycles. The number of likely N-dealkylation sites (N-methyl/N-ethyl adjacent to an activating group) is 1. The normalized spacial score (nSPS) is 16.8. The van der Waals surface area contributed by atoms with Crippen LogP contribution in [-0.4, -0.2) is 44.6 Å². The maximum Gasteiger partial charge on any atom is 0.191 e. The molecule has 23 heavy (non-hydrogen) atoms. The van der Waals surface area contributed by atoms with Gasteiger partial charge in [0.25, 0.3) is 0 Å². The summed E-state index contributed by atoms with van der Waals surface area (Å²) in [6.07, 6.45) is 7.69. The van der Waals surface area contributed by atoms with Gasteiger partial charge in [0.1, 0.15) is 0 Å². The Morgan fingerprint density at radius 1 is 1.22 bits per heavy atom. The van der Waals surface area contributed by atoms with Crippen molar-refractivity contribution in [3.63, 3.8) is 0 Å². The lowest BCUT2D eigenvalue weighted by atomic mass is 10.0. The molecule has 0 bridgehead atoms. The van der Waals surface area contributed by atoms with E-state index in [1.165, 1.54) is 11.1 Å². The highest BCUT2D eigenvalue weighted by molar-refractivity contribution is 5.80. The molecule has 2 N–H and O–H groups in total. The molecule has 0 aliphatic heterocycles. The lowest BCUT2D eigenvalue weighted by Crippen LogP contribution is -2.45. The minimum atomic E-state index is 0.321. The van der Waals surface area contributed by atoms with E-state index >= 15 is 0 Å². The molecule has 2 rings (SSSR count). The van der Waals surface area contributed by atoms with E-state index in [2.05, 4.69) is 78.0 Å². The predicted molar refractivity (Wildman–Crippen MR) is 98.9 cm³/mol. The van der Waals surface area contributed by atoms with Crippen molar-refractivity contribution in [3.8, 4) is 0 Å². The highest BCUT2D eigenvalue weighted by Gasteiger charge is 2.16. The van der Waals surface area contributed by atoms with Crippen molar-refractivity contribution in [2.45, 2.75) is 38.3 Å². The topological polar surface area (TPSA) is 39.7 Å². The Morgan fingerprint density at radius 2 is 1.87 bits per heavy atom. The Bertz CT molecular complexity index is 523. The highest BCUT2D eigenvalue weighted by Crippen LogP contribution is 2.18. The number of benzene rings is 1. The summed E-state index contributed by atoms with van der Waals surface area (Å²) in [5.41, 5.74) is 2.71. The van der Waals surface area contributed by atoms with E-state index in [1.807, 2.05) is 7.05 Å². The average molecular weight is 314 g/mol. The summed E-state index contributed by atoms with van der Waals surface area (Å²) in [5.74, 6) is 0.885. The molecule has 0 saturated heterocycles. The summed E-state index contributed by atoms with van der Waals surface area (Å²) in [4.78, 5) is 6.60. The zero-order valence-corrected chi connectivity index (χ0v) is 14.8. The summed E-state index contributed by atoms with van der Waals surface area (Å²) in [5, 5.41) is 6.96. The molecule has 4 heteroatoms. The standard InChI is InChI=1S/C19H30N4/c1-5-15-10-12-16(13-11-15)18(23(3)4)14-21-19(20-2)22-17-8-6-7-9-17/h6-7,10-13,17-18H,5,8-9,14H2,1-4H3,(H2,20,21,22). The van der Waals surface area contributed by atoms with Crippen molar-refractivity contribution >= 4 is 5.96 Å². The van der Waals surface area contributed by atoms with Crippen LogP contribution in [0.15, 0.2) is 41.4 Å². The second-order valence-electron chi connectivity index (χ2n) is 6.31. The molecule has 0 radical (unpaired) electrons. The van der Waals surface area contributed by atoms with Crippen LogP contribution < -0.4 is 10.6 Å². The Kier molecular flexibility index (Phi) is 6.66. The molecule has 1 aromatic carbocycles. The van der Waals surface area contributed by atoms with Gasteiger partial charge in [0.15, 0.2) is 5.96 Å². The van der Waals surface area contributed by atoms with E-state index in [-0.39, 0.29) is 0 Å². The van der Waals surface area contributed by atoms with Gasteiger partial charge in [-0.25, -0.2) is 0 Å². The predicted octanol–water partition coefficient (Wildman–Crippen LogP) is 2.74. The van der Waals surface area contributed by atoms with Gasteiger partial charge in [-0.05, 0) is 44.5 Å². The van der Waals surface area contributed by atoms with Gasteiger partial charge in [0.2, 0.25) is 0 Å². The fourth-order valence-corrected chi connectivity index (χ4v) is 2.89. The van der Waals surface area contributed by atoms with Crippen LogP contribution in [0.2, 0.25) is 0 Å². The monoisotopic (exact) mass is 314 g/mol. The van der Waals surface area contributed by atoms with Crippen molar-refractivity contribution < 1.29 is 0 Å². The first-order valence-corrected chi connectivity index (χ1v) is 8.51. The summed E-state index contributed by atoms with van der Waals surface area (Å²) in [6, 6.07) is 9.72. The van der Waals surface area contributed by atoms with Gasteiger partial charge in [0, 0.05) is 19.6 Å². The first kappa shape index (κ1) is 17.5. The van der Waals surface area contributed by atoms with Crippen molar-refractivity contribution in [3.05, 3.63) is 47.5 Å². The number of aryl methyl sites for hydroxylation is 1. The summed E-state index contributed by atoms with van der Waals surface area (Å²) in [6.45, 7) is 3.02. The van der Waals surface area contributed by atoms with Gasteiger partial charge in [-0.2, -0.15) is 0 Å². The smallest absolute Gasteiger partial charge is 0.191 e. The second kappa shape index (κ2) is 8.73. The van der Waals surface area contributed by atoms with Crippen LogP contribution in [0.25, 0.3) is 0 Å². The number of nitrogens with one attached hydrogen (secondary N) is 2. The quantitative estimate of drug-likeness (QED) is 0.482. The van der Waals surface area contributed by atoms with Crippen LogP contribution in [0.3, 0.4) is 0 Å². The van der Waals surface area contributed by atoms with Gasteiger partial charge in [0.05, 0.1) is 6.04 Å². The fraction of sp³-hybridized carbons (Fsp3) is 0.526. The molecule has 1 aliphatic rings. The van der Waals surface area contributed by atoms with Crippen LogP contribution in [0, 0.1) is 0 Å². The third-order valence-electron chi connectivity index (χ3n) is 4.43. The van der Waals surface area contributed by atoms with E-state index in [0.717, 1.165) is 31.8 Å². The highest BCUT2D eigenvalue weighted by atomic mass is 15.2. The fourth-order valence-electron chi connectivity index (χ4n) is 2.89. The van der Waals surface area contributed by atoms with Gasteiger partial charge in [-0.15, -0.1) is 0 Å². The minimum Gasteiger partial charge on any atom is -0.354 e. The molecule has 0 amide bonds. The zero-order valence-electron chi connectivity index (χ0n) is 14.8. The summed E-state index contributed by atoms with van der Waals surface area (Å²) in [7, 11) is 6.08. The Balaban J connectivity index is 1.95. The van der Waals surface area contributed by atoms with E-state index in [0.29, 0.717) is 12.1 Å². The Morgan fingerprint density at radius 3 is 2.39 bits per heavy atom. The van der Waals surface area contributed by atoms with Crippen LogP contribution in [0.5, 0.6) is 0 Å². The summed E-state index contributed by atoms with van der Waals surface area (Å²) < 4.78 is 0. The van der Waals surface area contributed by atoms with Crippen molar-refractivity contribution in [1.29, 1.82) is 0 Å². The molecule has 1 atom stereocenters. The summed E-state index contributed by atoms with van der Waals surface area (Å²) >= 11 is 0. The minimum absolute atomic E-state index is 0.321. The van der Waals surface area contributed by atoms with Gasteiger partial charge in [-0.1, -0.05) is 43.3 Å². The Hall–Kier alpha value is -1.81. The van der Waals surface area contributed by atoms with Crippen LogP contribution in [0.4, 0.5) is 0 Å². The lowest BCUT2D eigenvalue weighted by Gasteiger charge is -2.27. The first-order valence-electron chi connectivity index (χ1n) is 8.51. The molecule has 0 spiro atoms. The molecule has 0 aromatic heterocycles. The molecule has 0 fully saturated rings. The first-order chi connectivity index (χ1) is 11.1. The SMILES string of the molecule is CCc1ccc(C(CNC(=NC)NC2CC=CC2)N(C)C)cc1. The van der Waals surface area contributed by atoms with Crippen LogP contribution in [-0.2, 0) is 6.42 Å². The number of hydrogen-bond donors (Lipinski definition) is 2. The molecule has 126 valence electrons. The number of aliphatic imine (C=N–C) groups is 1. The van der Waals surface area contributed by atoms with Gasteiger partial charge in [-0.3, -0.25) is 4.99 Å². The van der Waals surface area contributed by atoms with E-state index < -0.39 is 0 Å². The lowest BCUT2D eigenvalue weighted by molar-refractivity contribution is 0.298. The van der Waals surface area contributed by atoms with E-state index in [4.69, 9.17) is 0 Å². The van der Waals surface area contributed by atoms with Gasteiger partial charge < -0.3 is 15.5 Å². The largest absolute Gasteiger partial charge is 0.354 e. The van der Waals surface area contributed by atoms with Crippen molar-refractivity contribution in [2.24, 2.45) is 4.99 Å². The van der Waals surface area contributed by atoms with Gasteiger partial charge >= 0.3 is 0 Å². The number of rotatable bonds is 6. The second-order valence-corrected chi connectivity index (χ2v) is 6.31. The third kappa shape index (κ3) is 5.10. The molecule has 1 aliphatic carbocycles. The van der Waals surface area contributed by atoms with Crippen molar-refractivity contribution in [2.75, 3.05) is 27.7 Å². The molecular weight excluding hydrogens is 284 g/mol. The molecular formula is C19H30N4. The van der Waals surface area contributed by atoms with Crippen LogP contribution >= 0.6 is 0 Å². The molecule has 1 aromatic rings. The van der Waals surface area contributed by atoms with E-state index in [9.17, 15) is 0 Å². The average Bonchev–Trinajstić information content (AvgIpc) is 3.07. The maximum absolute atomic E-state index is 4.35. The third-order valence-corrected chi connectivity index (χ3v) is 4.43. The zero-order chi connectivity index (χ0) is 16.7. The Labute approximate surface area is 140 Å². The molecule has 4 nitrogen and oxygen atoms in total. The van der Waals surface area contributed by atoms with E-state index in [1.54, 1.807) is 0 Å². The maximum atomic E-state index is 4.35.